The minimum atomic E-state index is -3.69. The van der Waals surface area contributed by atoms with Crippen molar-refractivity contribution in [3.8, 4) is 5.75 Å². The molecule has 1 aliphatic rings. The monoisotopic (exact) mass is 431 g/mol. The van der Waals surface area contributed by atoms with Gasteiger partial charge in [0.1, 0.15) is 5.75 Å². The molecule has 0 unspecified atom stereocenters. The Balaban J connectivity index is 1.58. The molecule has 1 heterocycles. The second kappa shape index (κ2) is 9.27. The van der Waals surface area contributed by atoms with E-state index in [2.05, 4.69) is 10.0 Å². The molecule has 0 aromatic heterocycles. The van der Waals surface area contributed by atoms with Gasteiger partial charge in [-0.2, -0.15) is 0 Å². The quantitative estimate of drug-likeness (QED) is 0.730. The number of anilines is 1. The second-order valence-corrected chi connectivity index (χ2v) is 8.84. The van der Waals surface area contributed by atoms with E-state index in [9.17, 15) is 18.0 Å². The van der Waals surface area contributed by atoms with Gasteiger partial charge in [-0.1, -0.05) is 6.07 Å². The average Bonchev–Trinajstić information content (AvgIpc) is 2.73. The van der Waals surface area contributed by atoms with Crippen LogP contribution in [0.25, 0.3) is 0 Å². The molecule has 1 fully saturated rings. The number of nitrogens with zero attached hydrogens (tertiary/aromatic N) is 1. The Kier molecular flexibility index (Phi) is 6.73. The Hall–Kier alpha value is -2.91. The maximum atomic E-state index is 12.7. The van der Waals surface area contributed by atoms with Crippen molar-refractivity contribution in [2.45, 2.75) is 30.7 Å². The van der Waals surface area contributed by atoms with Crippen molar-refractivity contribution in [3.05, 3.63) is 54.1 Å². The molecule has 0 aliphatic carbocycles. The van der Waals surface area contributed by atoms with Crippen molar-refractivity contribution < 1.29 is 22.7 Å². The molecule has 0 spiro atoms. The molecule has 3 rings (SSSR count). The molecule has 0 radical (unpaired) electrons. The van der Waals surface area contributed by atoms with E-state index in [0.717, 1.165) is 0 Å². The largest absolute Gasteiger partial charge is 0.497 e. The van der Waals surface area contributed by atoms with E-state index in [0.29, 0.717) is 42.9 Å². The van der Waals surface area contributed by atoms with E-state index in [4.69, 9.17) is 4.74 Å². The van der Waals surface area contributed by atoms with Gasteiger partial charge in [-0.15, -0.1) is 0 Å². The summed E-state index contributed by atoms with van der Waals surface area (Å²) in [6.45, 7) is 2.31. The molecule has 2 aromatic carbocycles. The van der Waals surface area contributed by atoms with Gasteiger partial charge in [0.2, 0.25) is 15.9 Å². The Bertz CT molecular complexity index is 1010. The highest BCUT2D eigenvalue weighted by Crippen LogP contribution is 2.20. The molecule has 30 heavy (non-hydrogen) atoms. The van der Waals surface area contributed by atoms with Crippen molar-refractivity contribution >= 4 is 27.5 Å². The van der Waals surface area contributed by atoms with Crippen LogP contribution in [0.15, 0.2) is 53.4 Å². The third kappa shape index (κ3) is 5.37. The average molecular weight is 432 g/mol. The summed E-state index contributed by atoms with van der Waals surface area (Å²) in [5.74, 6) is 0.302. The highest BCUT2D eigenvalue weighted by molar-refractivity contribution is 7.89. The number of sulfonamides is 1. The Morgan fingerprint density at radius 3 is 2.33 bits per heavy atom. The van der Waals surface area contributed by atoms with Crippen molar-refractivity contribution in [1.29, 1.82) is 0 Å². The molecule has 2 N–H and O–H groups in total. The van der Waals surface area contributed by atoms with E-state index in [-0.39, 0.29) is 22.8 Å². The minimum absolute atomic E-state index is 0.0937. The summed E-state index contributed by atoms with van der Waals surface area (Å²) in [5.41, 5.74) is 1.08. The summed E-state index contributed by atoms with van der Waals surface area (Å²) >= 11 is 0. The molecule has 2 aromatic rings. The number of carbonyl (C=O) groups is 2. The molecule has 9 heteroatoms. The van der Waals surface area contributed by atoms with Gasteiger partial charge in [0, 0.05) is 37.3 Å². The van der Waals surface area contributed by atoms with Crippen LogP contribution in [0.2, 0.25) is 0 Å². The maximum absolute atomic E-state index is 12.7. The van der Waals surface area contributed by atoms with Crippen LogP contribution in [0.4, 0.5) is 5.69 Å². The zero-order valence-electron chi connectivity index (χ0n) is 16.9. The van der Waals surface area contributed by atoms with Gasteiger partial charge in [-0.3, -0.25) is 9.59 Å². The lowest BCUT2D eigenvalue weighted by Crippen LogP contribution is -2.46. The molecule has 2 amide bonds. The fourth-order valence-corrected chi connectivity index (χ4v) is 4.65. The molecule has 1 saturated heterocycles. The number of benzene rings is 2. The first-order chi connectivity index (χ1) is 14.3. The number of amides is 2. The number of ether oxygens (including phenoxy) is 1. The van der Waals surface area contributed by atoms with E-state index >= 15 is 0 Å². The summed E-state index contributed by atoms with van der Waals surface area (Å²) in [7, 11) is -2.14. The number of likely N-dealkylation sites (tertiary alicyclic amines) is 1. The number of rotatable bonds is 6. The molecule has 0 atom stereocenters. The number of hydrogen-bond donors (Lipinski definition) is 2. The summed E-state index contributed by atoms with van der Waals surface area (Å²) in [6, 6.07) is 12.7. The van der Waals surface area contributed by atoms with Gasteiger partial charge in [-0.05, 0) is 55.3 Å². The van der Waals surface area contributed by atoms with E-state index in [1.165, 1.54) is 19.1 Å². The highest BCUT2D eigenvalue weighted by Gasteiger charge is 2.27. The Morgan fingerprint density at radius 1 is 1.07 bits per heavy atom. The number of nitrogens with one attached hydrogen (secondary N) is 2. The van der Waals surface area contributed by atoms with Crippen LogP contribution >= 0.6 is 0 Å². The summed E-state index contributed by atoms with van der Waals surface area (Å²) in [4.78, 5) is 25.6. The fourth-order valence-electron chi connectivity index (χ4n) is 3.35. The van der Waals surface area contributed by atoms with Gasteiger partial charge in [0.05, 0.1) is 12.0 Å². The topological polar surface area (TPSA) is 105 Å². The molecule has 0 bridgehead atoms. The van der Waals surface area contributed by atoms with Crippen LogP contribution in [-0.2, 0) is 14.8 Å². The van der Waals surface area contributed by atoms with Crippen LogP contribution in [0, 0.1) is 0 Å². The minimum Gasteiger partial charge on any atom is -0.497 e. The van der Waals surface area contributed by atoms with Crippen LogP contribution < -0.4 is 14.8 Å². The first-order valence-electron chi connectivity index (χ1n) is 9.62. The molecule has 0 saturated carbocycles. The molecule has 160 valence electrons. The number of piperidine rings is 1. The highest BCUT2D eigenvalue weighted by atomic mass is 32.2. The van der Waals surface area contributed by atoms with Crippen molar-refractivity contribution in [2.24, 2.45) is 0 Å². The van der Waals surface area contributed by atoms with Crippen LogP contribution in [0.1, 0.15) is 30.1 Å². The lowest BCUT2D eigenvalue weighted by Gasteiger charge is -2.32. The van der Waals surface area contributed by atoms with Gasteiger partial charge >= 0.3 is 0 Å². The summed E-state index contributed by atoms with van der Waals surface area (Å²) in [5, 5.41) is 2.60. The fraction of sp³-hybridized carbons (Fsp3) is 0.333. The second-order valence-electron chi connectivity index (χ2n) is 7.13. The van der Waals surface area contributed by atoms with Gasteiger partial charge in [0.25, 0.3) is 5.91 Å². The number of carbonyl (C=O) groups excluding carboxylic acids is 2. The molecule has 8 nitrogen and oxygen atoms in total. The van der Waals surface area contributed by atoms with Gasteiger partial charge in [-0.25, -0.2) is 13.1 Å². The molecule has 1 aliphatic heterocycles. The zero-order chi connectivity index (χ0) is 21.7. The lowest BCUT2D eigenvalue weighted by molar-refractivity contribution is -0.114. The predicted octanol–water partition coefficient (Wildman–Crippen LogP) is 2.24. The smallest absolute Gasteiger partial charge is 0.253 e. The number of hydrogen-bond acceptors (Lipinski definition) is 5. The summed E-state index contributed by atoms with van der Waals surface area (Å²) < 4.78 is 33.2. The van der Waals surface area contributed by atoms with E-state index < -0.39 is 10.0 Å². The first-order valence-corrected chi connectivity index (χ1v) is 11.1. The standard InChI is InChI=1S/C21H25N3O5S/c1-15(25)22-17-6-8-20(9-7-17)30(27,28)23-18-10-12-24(13-11-18)21(26)16-4-3-5-19(14-16)29-2/h3-9,14,18,23H,10-13H2,1-2H3,(H,22,25). The van der Waals surface area contributed by atoms with Crippen LogP contribution in [0.5, 0.6) is 5.75 Å². The Labute approximate surface area is 176 Å². The molecular weight excluding hydrogens is 406 g/mol. The van der Waals surface area contributed by atoms with Gasteiger partial charge in [0.15, 0.2) is 0 Å². The van der Waals surface area contributed by atoms with Crippen LogP contribution in [0.3, 0.4) is 0 Å². The van der Waals surface area contributed by atoms with E-state index in [1.807, 2.05) is 0 Å². The maximum Gasteiger partial charge on any atom is 0.253 e. The third-order valence-corrected chi connectivity index (χ3v) is 6.44. The lowest BCUT2D eigenvalue weighted by atomic mass is 10.0. The third-order valence-electron chi connectivity index (χ3n) is 4.91. The van der Waals surface area contributed by atoms with Crippen molar-refractivity contribution in [3.63, 3.8) is 0 Å². The SMILES string of the molecule is COc1cccc(C(=O)N2CCC(NS(=O)(=O)c3ccc(NC(C)=O)cc3)CC2)c1. The van der Waals surface area contributed by atoms with Crippen LogP contribution in [-0.4, -0.2) is 51.4 Å². The Morgan fingerprint density at radius 2 is 1.73 bits per heavy atom. The normalized spacial score (nSPS) is 14.9. The first kappa shape index (κ1) is 21.8. The van der Waals surface area contributed by atoms with E-state index in [1.54, 1.807) is 48.4 Å². The summed E-state index contributed by atoms with van der Waals surface area (Å²) in [6.07, 6.45) is 1.05. The predicted molar refractivity (Wildman–Crippen MR) is 113 cm³/mol. The van der Waals surface area contributed by atoms with Crippen molar-refractivity contribution in [1.82, 2.24) is 9.62 Å². The number of methoxy groups -OCH3 is 1. The zero-order valence-corrected chi connectivity index (χ0v) is 17.7. The van der Waals surface area contributed by atoms with Crippen molar-refractivity contribution in [2.75, 3.05) is 25.5 Å². The molecular formula is C21H25N3O5S. The van der Waals surface area contributed by atoms with Gasteiger partial charge < -0.3 is 15.0 Å².